The van der Waals surface area contributed by atoms with Crippen molar-refractivity contribution in [3.8, 4) is 0 Å². The molecule has 1 aliphatic heterocycles. The van der Waals surface area contributed by atoms with Crippen LogP contribution in [0.1, 0.15) is 11.1 Å². The molecule has 0 aromatic heterocycles. The Balaban J connectivity index is 2.29. The Morgan fingerprint density at radius 1 is 1.07 bits per heavy atom. The van der Waals surface area contributed by atoms with Gasteiger partial charge in [-0.25, -0.2) is 0 Å². The third-order valence-corrected chi connectivity index (χ3v) is 2.41. The highest BCUT2D eigenvalue weighted by molar-refractivity contribution is 6.17. The molecule has 1 heterocycles. The van der Waals surface area contributed by atoms with E-state index in [-0.39, 0.29) is 5.91 Å². The maximum absolute atomic E-state index is 11.4. The molecule has 3 heteroatoms. The van der Waals surface area contributed by atoms with Gasteiger partial charge in [0.15, 0.2) is 0 Å². The van der Waals surface area contributed by atoms with Gasteiger partial charge in [0.1, 0.15) is 0 Å². The number of carbonyl (C=O) groups excluding carboxylic acids is 1. The van der Waals surface area contributed by atoms with Gasteiger partial charge in [-0.3, -0.25) is 4.79 Å². The summed E-state index contributed by atoms with van der Waals surface area (Å²) in [5.41, 5.74) is 3.67. The van der Waals surface area contributed by atoms with Crippen LogP contribution in [0, 0.1) is 0 Å². The van der Waals surface area contributed by atoms with Crippen molar-refractivity contribution in [2.75, 3.05) is 0 Å². The topological polar surface area (TPSA) is 41.8 Å². The van der Waals surface area contributed by atoms with E-state index in [4.69, 9.17) is 0 Å². The van der Waals surface area contributed by atoms with Gasteiger partial charge in [0.05, 0.1) is 11.8 Å². The summed E-state index contributed by atoms with van der Waals surface area (Å²) in [7, 11) is 0. The molecule has 66 valence electrons. The molecule has 0 saturated heterocycles. The minimum Gasteiger partial charge on any atom is -0.265 e. The zero-order chi connectivity index (χ0) is 9.54. The van der Waals surface area contributed by atoms with Gasteiger partial charge in [0.2, 0.25) is 0 Å². The van der Waals surface area contributed by atoms with E-state index in [1.165, 1.54) is 0 Å². The Bertz CT molecular complexity index is 524. The molecular formula is C11H6N2O. The zero-order valence-electron chi connectivity index (χ0n) is 7.27. The highest BCUT2D eigenvalue weighted by Crippen LogP contribution is 2.37. The van der Waals surface area contributed by atoms with Crippen LogP contribution in [-0.4, -0.2) is 5.91 Å². The smallest absolute Gasteiger partial charge is 0.265 e. The van der Waals surface area contributed by atoms with Crippen LogP contribution in [0.4, 0.5) is 0 Å². The van der Waals surface area contributed by atoms with Gasteiger partial charge >= 0.3 is 0 Å². The van der Waals surface area contributed by atoms with Crippen LogP contribution in [0.3, 0.4) is 0 Å². The van der Waals surface area contributed by atoms with E-state index in [0.29, 0.717) is 5.57 Å². The largest absolute Gasteiger partial charge is 0.296 e. The molecule has 0 N–H and O–H groups in total. The Labute approximate surface area is 80.5 Å². The van der Waals surface area contributed by atoms with Gasteiger partial charge in [0.25, 0.3) is 5.91 Å². The fraction of sp³-hybridized carbons (Fsp3) is 0. The molecule has 1 amide bonds. The average Bonchev–Trinajstić information content (AvgIpc) is 2.59. The van der Waals surface area contributed by atoms with Gasteiger partial charge in [0, 0.05) is 5.57 Å². The number of fused-ring (bicyclic) bond motifs is 3. The molecule has 0 fully saturated rings. The molecular weight excluding hydrogens is 176 g/mol. The fourth-order valence-corrected chi connectivity index (χ4v) is 1.76. The molecule has 0 radical (unpaired) electrons. The van der Waals surface area contributed by atoms with Crippen LogP contribution in [0.5, 0.6) is 0 Å². The molecule has 3 nitrogen and oxygen atoms in total. The Kier molecular flexibility index (Phi) is 1.31. The van der Waals surface area contributed by atoms with Crippen LogP contribution in [0.15, 0.2) is 46.3 Å². The van der Waals surface area contributed by atoms with Crippen molar-refractivity contribution in [3.63, 3.8) is 0 Å². The van der Waals surface area contributed by atoms with Crippen molar-refractivity contribution in [1.82, 2.24) is 0 Å². The number of amides is 1. The van der Waals surface area contributed by atoms with E-state index in [1.807, 2.05) is 30.3 Å². The van der Waals surface area contributed by atoms with Crippen molar-refractivity contribution in [2.24, 2.45) is 10.2 Å². The van der Waals surface area contributed by atoms with E-state index in [0.717, 1.165) is 16.7 Å². The Morgan fingerprint density at radius 2 is 1.93 bits per heavy atom. The maximum atomic E-state index is 11.4. The lowest BCUT2D eigenvalue weighted by atomic mass is 10.0. The quantitative estimate of drug-likeness (QED) is 0.607. The summed E-state index contributed by atoms with van der Waals surface area (Å²) in [4.78, 5) is 11.4. The summed E-state index contributed by atoms with van der Waals surface area (Å²) in [6.07, 6.45) is 3.50. The third-order valence-electron chi connectivity index (χ3n) is 2.41. The number of carbonyl (C=O) groups is 1. The normalized spacial score (nSPS) is 17.3. The molecule has 0 bridgehead atoms. The van der Waals surface area contributed by atoms with Crippen LogP contribution < -0.4 is 0 Å². The summed E-state index contributed by atoms with van der Waals surface area (Å²) >= 11 is 0. The van der Waals surface area contributed by atoms with Gasteiger partial charge in [-0.15, -0.1) is 5.11 Å². The van der Waals surface area contributed by atoms with E-state index in [1.54, 1.807) is 6.20 Å². The van der Waals surface area contributed by atoms with Gasteiger partial charge in [-0.1, -0.05) is 24.3 Å². The summed E-state index contributed by atoms with van der Waals surface area (Å²) in [6.45, 7) is 0. The number of hydrogen-bond donors (Lipinski definition) is 0. The fourth-order valence-electron chi connectivity index (χ4n) is 1.76. The molecule has 0 saturated carbocycles. The minimum atomic E-state index is -0.251. The monoisotopic (exact) mass is 182 g/mol. The van der Waals surface area contributed by atoms with Crippen molar-refractivity contribution in [3.05, 3.63) is 47.2 Å². The Hall–Kier alpha value is -2.03. The molecule has 0 spiro atoms. The molecule has 1 aliphatic carbocycles. The second-order valence-electron chi connectivity index (χ2n) is 3.21. The second-order valence-corrected chi connectivity index (χ2v) is 3.21. The van der Waals surface area contributed by atoms with Gasteiger partial charge in [-0.05, 0) is 17.2 Å². The van der Waals surface area contributed by atoms with E-state index in [2.05, 4.69) is 10.2 Å². The SMILES string of the molecule is O=C1N=NC=C2C1=Cc1ccccc12. The molecule has 1 aromatic rings. The van der Waals surface area contributed by atoms with E-state index in [9.17, 15) is 4.79 Å². The zero-order valence-corrected chi connectivity index (χ0v) is 7.27. The number of nitrogens with zero attached hydrogens (tertiary/aromatic N) is 2. The molecule has 0 atom stereocenters. The van der Waals surface area contributed by atoms with Crippen LogP contribution in [-0.2, 0) is 4.79 Å². The van der Waals surface area contributed by atoms with Gasteiger partial charge < -0.3 is 0 Å². The van der Waals surface area contributed by atoms with Crippen LogP contribution >= 0.6 is 0 Å². The molecule has 1 aromatic carbocycles. The van der Waals surface area contributed by atoms with Gasteiger partial charge in [-0.2, -0.15) is 5.11 Å². The molecule has 0 unspecified atom stereocenters. The van der Waals surface area contributed by atoms with Crippen LogP contribution in [0.25, 0.3) is 11.6 Å². The van der Waals surface area contributed by atoms with Crippen molar-refractivity contribution in [2.45, 2.75) is 0 Å². The predicted octanol–water partition coefficient (Wildman–Crippen LogP) is 2.42. The summed E-state index contributed by atoms with van der Waals surface area (Å²) < 4.78 is 0. The first-order valence-electron chi connectivity index (χ1n) is 4.33. The lowest BCUT2D eigenvalue weighted by Gasteiger charge is -2.04. The standard InChI is InChI=1S/C11H6N2O/c14-11-9-5-7-3-1-2-4-8(7)10(9)6-12-13-11/h1-6H. The average molecular weight is 182 g/mol. The summed E-state index contributed by atoms with van der Waals surface area (Å²) in [6, 6.07) is 7.87. The van der Waals surface area contributed by atoms with Crippen molar-refractivity contribution >= 4 is 17.6 Å². The highest BCUT2D eigenvalue weighted by atomic mass is 16.1. The number of benzene rings is 1. The number of azo groups is 1. The van der Waals surface area contributed by atoms with E-state index >= 15 is 0 Å². The first kappa shape index (κ1) is 7.38. The third kappa shape index (κ3) is 0.836. The molecule has 14 heavy (non-hydrogen) atoms. The van der Waals surface area contributed by atoms with Crippen LogP contribution in [0.2, 0.25) is 0 Å². The summed E-state index contributed by atoms with van der Waals surface area (Å²) in [5, 5.41) is 7.17. The lowest BCUT2D eigenvalue weighted by Crippen LogP contribution is -2.00. The Morgan fingerprint density at radius 3 is 2.86 bits per heavy atom. The molecule has 3 rings (SSSR count). The minimum absolute atomic E-state index is 0.251. The predicted molar refractivity (Wildman–Crippen MR) is 52.3 cm³/mol. The number of hydrogen-bond acceptors (Lipinski definition) is 2. The lowest BCUT2D eigenvalue weighted by molar-refractivity contribution is -0.114. The highest BCUT2D eigenvalue weighted by Gasteiger charge is 2.25. The van der Waals surface area contributed by atoms with Crippen molar-refractivity contribution in [1.29, 1.82) is 0 Å². The number of rotatable bonds is 0. The first-order valence-corrected chi connectivity index (χ1v) is 4.33. The molecule has 2 aliphatic rings. The van der Waals surface area contributed by atoms with Crippen molar-refractivity contribution < 1.29 is 4.79 Å². The second kappa shape index (κ2) is 2.48. The van der Waals surface area contributed by atoms with E-state index < -0.39 is 0 Å². The summed E-state index contributed by atoms with van der Waals surface area (Å²) in [5.74, 6) is -0.251. The maximum Gasteiger partial charge on any atom is 0.296 e. The first-order chi connectivity index (χ1) is 6.86.